The van der Waals surface area contributed by atoms with E-state index in [1.165, 1.54) is 14.2 Å². The van der Waals surface area contributed by atoms with Crippen molar-refractivity contribution in [2.45, 2.75) is 20.1 Å². The van der Waals surface area contributed by atoms with E-state index in [2.05, 4.69) is 5.32 Å². The Morgan fingerprint density at radius 2 is 1.83 bits per heavy atom. The van der Waals surface area contributed by atoms with Crippen molar-refractivity contribution in [1.82, 2.24) is 5.32 Å². The standard InChI is InChI=1S/C8H17NO3/c1-6(2)8(10)9-5-7(11-3)12-4/h6-7H,5H2,1-4H3,(H,9,10). The number of carbonyl (C=O) groups excluding carboxylic acids is 1. The minimum Gasteiger partial charge on any atom is -0.354 e. The molecule has 0 bridgehead atoms. The maximum atomic E-state index is 11.1. The molecule has 1 amide bonds. The predicted octanol–water partition coefficient (Wildman–Crippen LogP) is 0.377. The summed E-state index contributed by atoms with van der Waals surface area (Å²) in [5, 5.41) is 2.70. The number of ether oxygens (including phenoxy) is 2. The molecule has 0 aromatic carbocycles. The molecule has 0 aliphatic rings. The number of rotatable bonds is 5. The van der Waals surface area contributed by atoms with Crippen LogP contribution in [0, 0.1) is 5.92 Å². The second kappa shape index (κ2) is 5.97. The monoisotopic (exact) mass is 175 g/mol. The summed E-state index contributed by atoms with van der Waals surface area (Å²) in [5.74, 6) is 0.00784. The van der Waals surface area contributed by atoms with Gasteiger partial charge in [0.25, 0.3) is 0 Å². The molecule has 12 heavy (non-hydrogen) atoms. The van der Waals surface area contributed by atoms with Crippen LogP contribution in [0.25, 0.3) is 0 Å². The first-order valence-electron chi connectivity index (χ1n) is 3.95. The molecule has 0 aliphatic heterocycles. The van der Waals surface area contributed by atoms with E-state index in [1.807, 2.05) is 13.8 Å². The van der Waals surface area contributed by atoms with Gasteiger partial charge in [-0.05, 0) is 0 Å². The molecule has 0 aliphatic carbocycles. The van der Waals surface area contributed by atoms with Crippen LogP contribution in [0.4, 0.5) is 0 Å². The van der Waals surface area contributed by atoms with Gasteiger partial charge in [-0.1, -0.05) is 13.8 Å². The van der Waals surface area contributed by atoms with Gasteiger partial charge in [-0.25, -0.2) is 0 Å². The highest BCUT2D eigenvalue weighted by Crippen LogP contribution is 1.92. The predicted molar refractivity (Wildman–Crippen MR) is 45.7 cm³/mol. The van der Waals surface area contributed by atoms with Crippen LogP contribution in [0.15, 0.2) is 0 Å². The van der Waals surface area contributed by atoms with E-state index in [4.69, 9.17) is 9.47 Å². The molecule has 0 unspecified atom stereocenters. The molecule has 1 N–H and O–H groups in total. The molecule has 0 saturated carbocycles. The summed E-state index contributed by atoms with van der Waals surface area (Å²) < 4.78 is 9.79. The van der Waals surface area contributed by atoms with E-state index in [1.54, 1.807) is 0 Å². The van der Waals surface area contributed by atoms with Crippen molar-refractivity contribution in [2.75, 3.05) is 20.8 Å². The topological polar surface area (TPSA) is 47.6 Å². The van der Waals surface area contributed by atoms with E-state index in [0.29, 0.717) is 6.54 Å². The fraction of sp³-hybridized carbons (Fsp3) is 0.875. The Morgan fingerprint density at radius 3 is 2.17 bits per heavy atom. The van der Waals surface area contributed by atoms with Crippen LogP contribution in [-0.2, 0) is 14.3 Å². The Morgan fingerprint density at radius 1 is 1.33 bits per heavy atom. The van der Waals surface area contributed by atoms with Crippen LogP contribution >= 0.6 is 0 Å². The molecule has 0 aromatic rings. The maximum Gasteiger partial charge on any atom is 0.222 e. The highest BCUT2D eigenvalue weighted by molar-refractivity contribution is 5.77. The minimum absolute atomic E-state index is 0.000591. The van der Waals surface area contributed by atoms with E-state index >= 15 is 0 Å². The molecule has 0 aromatic heterocycles. The Balaban J connectivity index is 3.59. The average molecular weight is 175 g/mol. The highest BCUT2D eigenvalue weighted by Gasteiger charge is 2.09. The number of hydrogen-bond donors (Lipinski definition) is 1. The molecule has 0 spiro atoms. The molecule has 0 rings (SSSR count). The normalized spacial score (nSPS) is 10.8. The Hall–Kier alpha value is -0.610. The van der Waals surface area contributed by atoms with Gasteiger partial charge in [0, 0.05) is 20.1 Å². The fourth-order valence-electron chi connectivity index (χ4n) is 0.651. The van der Waals surface area contributed by atoms with Crippen molar-refractivity contribution < 1.29 is 14.3 Å². The van der Waals surface area contributed by atoms with Crippen molar-refractivity contribution in [3.05, 3.63) is 0 Å². The summed E-state index contributed by atoms with van der Waals surface area (Å²) in [6.07, 6.45) is -0.354. The van der Waals surface area contributed by atoms with Crippen LogP contribution in [0.2, 0.25) is 0 Å². The van der Waals surface area contributed by atoms with E-state index in [-0.39, 0.29) is 18.1 Å². The smallest absolute Gasteiger partial charge is 0.222 e. The van der Waals surface area contributed by atoms with Gasteiger partial charge in [-0.2, -0.15) is 0 Å². The van der Waals surface area contributed by atoms with Crippen LogP contribution in [0.3, 0.4) is 0 Å². The molecule has 0 atom stereocenters. The third-order valence-electron chi connectivity index (χ3n) is 1.49. The first kappa shape index (κ1) is 11.4. The molecular formula is C8H17NO3. The number of amides is 1. The highest BCUT2D eigenvalue weighted by atomic mass is 16.7. The van der Waals surface area contributed by atoms with E-state index in [9.17, 15) is 4.79 Å². The van der Waals surface area contributed by atoms with Crippen molar-refractivity contribution in [3.8, 4) is 0 Å². The number of carbonyl (C=O) groups is 1. The summed E-state index contributed by atoms with van der Waals surface area (Å²) >= 11 is 0. The van der Waals surface area contributed by atoms with Crippen molar-refractivity contribution in [1.29, 1.82) is 0 Å². The summed E-state index contributed by atoms with van der Waals surface area (Å²) in [6.45, 7) is 4.07. The first-order valence-corrected chi connectivity index (χ1v) is 3.95. The van der Waals surface area contributed by atoms with Crippen molar-refractivity contribution >= 4 is 5.91 Å². The molecular weight excluding hydrogens is 158 g/mol. The molecule has 0 saturated heterocycles. The number of nitrogens with one attached hydrogen (secondary N) is 1. The molecule has 4 heteroatoms. The SMILES string of the molecule is COC(CNC(=O)C(C)C)OC. The molecule has 0 fully saturated rings. The fourth-order valence-corrected chi connectivity index (χ4v) is 0.651. The quantitative estimate of drug-likeness (QED) is 0.614. The third-order valence-corrected chi connectivity index (χ3v) is 1.49. The lowest BCUT2D eigenvalue weighted by atomic mass is 10.2. The van der Waals surface area contributed by atoms with Crippen molar-refractivity contribution in [2.24, 2.45) is 5.92 Å². The van der Waals surface area contributed by atoms with Gasteiger partial charge >= 0.3 is 0 Å². The average Bonchev–Trinajstić information content (AvgIpc) is 2.05. The van der Waals surface area contributed by atoms with Gasteiger partial charge in [-0.15, -0.1) is 0 Å². The zero-order valence-electron chi connectivity index (χ0n) is 8.09. The summed E-state index contributed by atoms with van der Waals surface area (Å²) in [5.41, 5.74) is 0. The second-order valence-electron chi connectivity index (χ2n) is 2.80. The first-order chi connectivity index (χ1) is 5.61. The van der Waals surface area contributed by atoms with Gasteiger partial charge < -0.3 is 14.8 Å². The van der Waals surface area contributed by atoms with Gasteiger partial charge in [0.2, 0.25) is 5.91 Å². The van der Waals surface area contributed by atoms with Crippen LogP contribution in [0.1, 0.15) is 13.8 Å². The van der Waals surface area contributed by atoms with Crippen LogP contribution in [-0.4, -0.2) is 33.0 Å². The third kappa shape index (κ3) is 4.31. The summed E-state index contributed by atoms with van der Waals surface area (Å²) in [4.78, 5) is 11.1. The van der Waals surface area contributed by atoms with Gasteiger partial charge in [0.05, 0.1) is 6.54 Å². The number of hydrogen-bond acceptors (Lipinski definition) is 3. The number of methoxy groups -OCH3 is 2. The zero-order valence-corrected chi connectivity index (χ0v) is 8.09. The Labute approximate surface area is 73.2 Å². The molecule has 0 heterocycles. The van der Waals surface area contributed by atoms with Crippen LogP contribution in [0.5, 0.6) is 0 Å². The Kier molecular flexibility index (Phi) is 5.66. The summed E-state index contributed by atoms with van der Waals surface area (Å²) in [6, 6.07) is 0. The van der Waals surface area contributed by atoms with Crippen molar-refractivity contribution in [3.63, 3.8) is 0 Å². The molecule has 72 valence electrons. The van der Waals surface area contributed by atoms with Gasteiger partial charge in [0.15, 0.2) is 6.29 Å². The van der Waals surface area contributed by atoms with Gasteiger partial charge in [0.1, 0.15) is 0 Å². The lowest BCUT2D eigenvalue weighted by Crippen LogP contribution is -2.36. The lowest BCUT2D eigenvalue weighted by molar-refractivity contribution is -0.130. The molecule has 4 nitrogen and oxygen atoms in total. The lowest BCUT2D eigenvalue weighted by Gasteiger charge is -2.14. The zero-order chi connectivity index (χ0) is 9.56. The largest absolute Gasteiger partial charge is 0.354 e. The Bertz CT molecular complexity index is 132. The minimum atomic E-state index is -0.354. The summed E-state index contributed by atoms with van der Waals surface area (Å²) in [7, 11) is 3.07. The van der Waals surface area contributed by atoms with Crippen LogP contribution < -0.4 is 5.32 Å². The van der Waals surface area contributed by atoms with Gasteiger partial charge in [-0.3, -0.25) is 4.79 Å². The molecule has 0 radical (unpaired) electrons. The second-order valence-corrected chi connectivity index (χ2v) is 2.80. The maximum absolute atomic E-state index is 11.1. The van der Waals surface area contributed by atoms with E-state index < -0.39 is 0 Å². The van der Waals surface area contributed by atoms with E-state index in [0.717, 1.165) is 0 Å².